The molecule has 114 valence electrons. The third-order valence-corrected chi connectivity index (χ3v) is 3.48. The van der Waals surface area contributed by atoms with Crippen molar-refractivity contribution < 1.29 is 0 Å². The van der Waals surface area contributed by atoms with Crippen LogP contribution in [-0.4, -0.2) is 33.1 Å². The molecule has 0 atom stereocenters. The molecule has 0 saturated heterocycles. The van der Waals surface area contributed by atoms with Crippen molar-refractivity contribution in [2.45, 2.75) is 33.2 Å². The summed E-state index contributed by atoms with van der Waals surface area (Å²) in [6, 6.07) is 0. The van der Waals surface area contributed by atoms with E-state index in [0.717, 1.165) is 49.0 Å². The van der Waals surface area contributed by atoms with E-state index >= 15 is 0 Å². The molecule has 0 aliphatic rings. The zero-order valence-corrected chi connectivity index (χ0v) is 13.3. The molecular formula is C15H24N6. The fourth-order valence-electron chi connectivity index (χ4n) is 2.29. The molecule has 0 aromatic carbocycles. The fraction of sp³-hybridized carbons (Fsp3) is 0.533. The fourth-order valence-corrected chi connectivity index (χ4v) is 2.29. The second kappa shape index (κ2) is 7.06. The van der Waals surface area contributed by atoms with E-state index in [2.05, 4.69) is 39.0 Å². The number of aromatic nitrogens is 4. The highest BCUT2D eigenvalue weighted by Gasteiger charge is 2.14. The van der Waals surface area contributed by atoms with Crippen molar-refractivity contribution in [3.05, 3.63) is 30.1 Å². The van der Waals surface area contributed by atoms with E-state index in [1.807, 2.05) is 31.1 Å². The van der Waals surface area contributed by atoms with Crippen LogP contribution in [0.2, 0.25) is 0 Å². The largest absolute Gasteiger partial charge is 0.370 e. The van der Waals surface area contributed by atoms with Gasteiger partial charge < -0.3 is 14.8 Å². The van der Waals surface area contributed by atoms with Crippen molar-refractivity contribution in [3.8, 4) is 0 Å². The van der Waals surface area contributed by atoms with Gasteiger partial charge in [-0.15, -0.1) is 0 Å². The van der Waals surface area contributed by atoms with Gasteiger partial charge in [0.25, 0.3) is 0 Å². The Hall–Kier alpha value is -2.11. The highest BCUT2D eigenvalue weighted by atomic mass is 15.2. The molecule has 0 amide bonds. The molecule has 0 fully saturated rings. The Morgan fingerprint density at radius 1 is 1.24 bits per heavy atom. The molecule has 0 aliphatic heterocycles. The normalized spacial score (nSPS) is 10.7. The average molecular weight is 288 g/mol. The van der Waals surface area contributed by atoms with E-state index in [1.54, 1.807) is 6.33 Å². The van der Waals surface area contributed by atoms with Gasteiger partial charge in [0.1, 0.15) is 23.8 Å². The third-order valence-electron chi connectivity index (χ3n) is 3.48. The van der Waals surface area contributed by atoms with E-state index in [1.165, 1.54) is 0 Å². The molecule has 2 aromatic heterocycles. The lowest BCUT2D eigenvalue weighted by molar-refractivity contribution is 0.750. The van der Waals surface area contributed by atoms with Crippen LogP contribution in [0.1, 0.15) is 31.7 Å². The molecule has 2 heterocycles. The SMILES string of the molecule is CCCNc1ncnc(N(C)Cc2nccn2C)c1CC. The van der Waals surface area contributed by atoms with Crippen LogP contribution in [0.25, 0.3) is 0 Å². The Labute approximate surface area is 126 Å². The van der Waals surface area contributed by atoms with E-state index in [9.17, 15) is 0 Å². The highest BCUT2D eigenvalue weighted by Crippen LogP contribution is 2.24. The molecule has 0 bridgehead atoms. The third kappa shape index (κ3) is 3.51. The topological polar surface area (TPSA) is 58.9 Å². The molecule has 0 aliphatic carbocycles. The quantitative estimate of drug-likeness (QED) is 0.846. The van der Waals surface area contributed by atoms with Gasteiger partial charge in [-0.1, -0.05) is 13.8 Å². The van der Waals surface area contributed by atoms with Gasteiger partial charge in [-0.3, -0.25) is 0 Å². The van der Waals surface area contributed by atoms with Crippen LogP contribution in [0, 0.1) is 0 Å². The van der Waals surface area contributed by atoms with Gasteiger partial charge in [-0.25, -0.2) is 15.0 Å². The first-order chi connectivity index (χ1) is 10.2. The van der Waals surface area contributed by atoms with Crippen molar-refractivity contribution in [1.29, 1.82) is 0 Å². The first kappa shape index (κ1) is 15.3. The van der Waals surface area contributed by atoms with E-state index < -0.39 is 0 Å². The standard InChI is InChI=1S/C15H24N6/c1-5-7-17-14-12(6-2)15(19-11-18-14)21(4)10-13-16-8-9-20(13)3/h8-9,11H,5-7,10H2,1-4H3,(H,17,18,19). The first-order valence-electron chi connectivity index (χ1n) is 7.42. The molecule has 0 spiro atoms. The Morgan fingerprint density at radius 2 is 2.05 bits per heavy atom. The Bertz CT molecular complexity index is 577. The first-order valence-corrected chi connectivity index (χ1v) is 7.42. The smallest absolute Gasteiger partial charge is 0.137 e. The molecular weight excluding hydrogens is 264 g/mol. The molecule has 6 heteroatoms. The van der Waals surface area contributed by atoms with Gasteiger partial charge in [-0.2, -0.15) is 0 Å². The molecule has 21 heavy (non-hydrogen) atoms. The molecule has 0 unspecified atom stereocenters. The summed E-state index contributed by atoms with van der Waals surface area (Å²) >= 11 is 0. The Balaban J connectivity index is 2.23. The van der Waals surface area contributed by atoms with Gasteiger partial charge in [0.15, 0.2) is 0 Å². The number of imidazole rings is 1. The summed E-state index contributed by atoms with van der Waals surface area (Å²) in [5.74, 6) is 2.92. The number of nitrogens with zero attached hydrogens (tertiary/aromatic N) is 5. The van der Waals surface area contributed by atoms with Gasteiger partial charge in [0.05, 0.1) is 6.54 Å². The number of hydrogen-bond acceptors (Lipinski definition) is 5. The number of nitrogens with one attached hydrogen (secondary N) is 1. The van der Waals surface area contributed by atoms with Gasteiger partial charge in [-0.05, 0) is 12.8 Å². The van der Waals surface area contributed by atoms with E-state index in [0.29, 0.717) is 0 Å². The van der Waals surface area contributed by atoms with Crippen LogP contribution in [0.4, 0.5) is 11.6 Å². The van der Waals surface area contributed by atoms with Gasteiger partial charge >= 0.3 is 0 Å². The monoisotopic (exact) mass is 288 g/mol. The van der Waals surface area contributed by atoms with Crippen LogP contribution >= 0.6 is 0 Å². The molecule has 2 aromatic rings. The predicted octanol–water partition coefficient (Wildman–Crippen LogP) is 2.23. The van der Waals surface area contributed by atoms with E-state index in [-0.39, 0.29) is 0 Å². The minimum Gasteiger partial charge on any atom is -0.370 e. The van der Waals surface area contributed by atoms with Crippen molar-refractivity contribution in [3.63, 3.8) is 0 Å². The summed E-state index contributed by atoms with van der Waals surface area (Å²) in [6.07, 6.45) is 7.37. The maximum atomic E-state index is 4.47. The second-order valence-electron chi connectivity index (χ2n) is 5.12. The van der Waals surface area contributed by atoms with Crippen molar-refractivity contribution in [2.75, 3.05) is 23.8 Å². The van der Waals surface area contributed by atoms with Crippen LogP contribution in [-0.2, 0) is 20.0 Å². The van der Waals surface area contributed by atoms with Crippen LogP contribution in [0.15, 0.2) is 18.7 Å². The molecule has 1 N–H and O–H groups in total. The van der Waals surface area contributed by atoms with Crippen LogP contribution in [0.5, 0.6) is 0 Å². The maximum Gasteiger partial charge on any atom is 0.137 e. The van der Waals surface area contributed by atoms with Crippen molar-refractivity contribution in [2.24, 2.45) is 7.05 Å². The van der Waals surface area contributed by atoms with Crippen LogP contribution < -0.4 is 10.2 Å². The molecule has 0 radical (unpaired) electrons. The van der Waals surface area contributed by atoms with E-state index in [4.69, 9.17) is 0 Å². The summed E-state index contributed by atoms with van der Waals surface area (Å²) < 4.78 is 2.03. The van der Waals surface area contributed by atoms with Gasteiger partial charge in [0, 0.05) is 38.6 Å². The summed E-state index contributed by atoms with van der Waals surface area (Å²) in [5.41, 5.74) is 1.16. The van der Waals surface area contributed by atoms with Crippen LogP contribution in [0.3, 0.4) is 0 Å². The lowest BCUT2D eigenvalue weighted by atomic mass is 10.2. The minimum absolute atomic E-state index is 0.723. The molecule has 6 nitrogen and oxygen atoms in total. The lowest BCUT2D eigenvalue weighted by Crippen LogP contribution is -2.22. The Morgan fingerprint density at radius 3 is 2.67 bits per heavy atom. The zero-order chi connectivity index (χ0) is 15.2. The van der Waals surface area contributed by atoms with Crippen molar-refractivity contribution in [1.82, 2.24) is 19.5 Å². The minimum atomic E-state index is 0.723. The number of hydrogen-bond donors (Lipinski definition) is 1. The lowest BCUT2D eigenvalue weighted by Gasteiger charge is -2.22. The summed E-state index contributed by atoms with van der Waals surface area (Å²) in [4.78, 5) is 15.3. The second-order valence-corrected chi connectivity index (χ2v) is 5.12. The van der Waals surface area contributed by atoms with Crippen molar-refractivity contribution >= 4 is 11.6 Å². The number of rotatable bonds is 7. The average Bonchev–Trinajstić information content (AvgIpc) is 2.89. The Kier molecular flexibility index (Phi) is 5.14. The molecule has 0 saturated carbocycles. The summed E-state index contributed by atoms with van der Waals surface area (Å²) in [5, 5.41) is 3.38. The van der Waals surface area contributed by atoms with Gasteiger partial charge in [0.2, 0.25) is 0 Å². The number of aryl methyl sites for hydroxylation is 1. The number of anilines is 2. The zero-order valence-electron chi connectivity index (χ0n) is 13.3. The predicted molar refractivity (Wildman–Crippen MR) is 85.5 cm³/mol. The summed E-state index contributed by atoms with van der Waals surface area (Å²) in [7, 11) is 4.05. The molecule has 2 rings (SSSR count). The maximum absolute atomic E-state index is 4.47. The highest BCUT2D eigenvalue weighted by molar-refractivity contribution is 5.58. The summed E-state index contributed by atoms with van der Waals surface area (Å²) in [6.45, 7) is 5.93.